The lowest BCUT2D eigenvalue weighted by molar-refractivity contribution is 0.434. The Hall–Kier alpha value is -5.36. The molecule has 5 aromatic carbocycles. The Labute approximate surface area is 299 Å². The molecule has 0 saturated heterocycles. The SMILES string of the molecule is CC(C)(C)c1nn(-c2c(Cl)cccc2Cl)c(O)c1/N=N/c1ccc(/N=N\c2ccc(-c3ccccc3)cc2)cc1NS(=O)(=O)c1ccccc1. The molecule has 0 amide bonds. The maximum Gasteiger partial charge on any atom is 0.261 e. The molecule has 10 nitrogen and oxygen atoms in total. The topological polar surface area (TPSA) is 134 Å². The first kappa shape index (κ1) is 34.5. The zero-order chi connectivity index (χ0) is 35.5. The largest absolute Gasteiger partial charge is 0.492 e. The Morgan fingerprint density at radius 3 is 1.92 bits per heavy atom. The van der Waals surface area contributed by atoms with Crippen molar-refractivity contribution in [3.8, 4) is 22.7 Å². The Bertz CT molecular complexity index is 2300. The van der Waals surface area contributed by atoms with E-state index >= 15 is 0 Å². The van der Waals surface area contributed by atoms with Crippen molar-refractivity contribution in [2.45, 2.75) is 31.1 Å². The van der Waals surface area contributed by atoms with Crippen LogP contribution in [0.1, 0.15) is 26.5 Å². The molecule has 6 aromatic rings. The van der Waals surface area contributed by atoms with Gasteiger partial charge in [0.2, 0.25) is 5.88 Å². The average Bonchev–Trinajstić information content (AvgIpc) is 3.43. The van der Waals surface area contributed by atoms with Crippen molar-refractivity contribution < 1.29 is 13.5 Å². The second kappa shape index (κ2) is 14.2. The van der Waals surface area contributed by atoms with Gasteiger partial charge in [0.15, 0.2) is 5.69 Å². The monoisotopic (exact) mass is 723 g/mol. The number of nitrogens with one attached hydrogen (secondary N) is 1. The number of benzene rings is 5. The molecule has 13 heteroatoms. The molecular weight excluding hydrogens is 693 g/mol. The minimum Gasteiger partial charge on any atom is -0.492 e. The number of halogens is 2. The summed E-state index contributed by atoms with van der Waals surface area (Å²) in [6.07, 6.45) is 0. The van der Waals surface area contributed by atoms with Gasteiger partial charge in [-0.3, -0.25) is 4.72 Å². The number of sulfonamides is 1. The lowest BCUT2D eigenvalue weighted by Gasteiger charge is -2.15. The normalized spacial score (nSPS) is 12.2. The third kappa shape index (κ3) is 7.60. The molecule has 0 aliphatic rings. The highest BCUT2D eigenvalue weighted by Crippen LogP contribution is 2.43. The third-order valence-electron chi connectivity index (χ3n) is 7.49. The highest BCUT2D eigenvalue weighted by Gasteiger charge is 2.29. The van der Waals surface area contributed by atoms with Crippen molar-refractivity contribution in [2.75, 3.05) is 4.72 Å². The van der Waals surface area contributed by atoms with Crippen molar-refractivity contribution >= 4 is 61.7 Å². The van der Waals surface area contributed by atoms with Crippen LogP contribution < -0.4 is 4.72 Å². The molecule has 0 spiro atoms. The molecular formula is C37H31Cl2N7O3S. The van der Waals surface area contributed by atoms with Crippen LogP contribution in [0.25, 0.3) is 16.8 Å². The lowest BCUT2D eigenvalue weighted by atomic mass is 9.91. The second-order valence-electron chi connectivity index (χ2n) is 12.2. The van der Waals surface area contributed by atoms with Crippen molar-refractivity contribution in [1.29, 1.82) is 0 Å². The first-order valence-corrected chi connectivity index (χ1v) is 17.6. The first-order valence-electron chi connectivity index (χ1n) is 15.4. The van der Waals surface area contributed by atoms with E-state index in [-0.39, 0.29) is 43.6 Å². The molecule has 6 rings (SSSR count). The van der Waals surface area contributed by atoms with Crippen LogP contribution in [0, 0.1) is 0 Å². The number of rotatable bonds is 9. The molecule has 0 fully saturated rings. The van der Waals surface area contributed by atoms with Gasteiger partial charge in [0, 0.05) is 5.41 Å². The van der Waals surface area contributed by atoms with Gasteiger partial charge >= 0.3 is 0 Å². The number of para-hydroxylation sites is 1. The summed E-state index contributed by atoms with van der Waals surface area (Å²) in [5, 5.41) is 34.0. The zero-order valence-corrected chi connectivity index (χ0v) is 29.5. The van der Waals surface area contributed by atoms with Crippen molar-refractivity contribution in [1.82, 2.24) is 9.78 Å². The number of aromatic hydroxyl groups is 1. The fraction of sp³-hybridized carbons (Fsp3) is 0.108. The molecule has 0 unspecified atom stereocenters. The number of hydrogen-bond donors (Lipinski definition) is 2. The van der Waals surface area contributed by atoms with E-state index in [2.05, 4.69) is 30.3 Å². The van der Waals surface area contributed by atoms with Crippen LogP contribution in [0.3, 0.4) is 0 Å². The number of aromatic nitrogens is 2. The fourth-order valence-electron chi connectivity index (χ4n) is 4.97. The molecule has 0 saturated carbocycles. The fourth-order valence-corrected chi connectivity index (χ4v) is 6.62. The maximum atomic E-state index is 13.4. The summed E-state index contributed by atoms with van der Waals surface area (Å²) >= 11 is 12.9. The number of azo groups is 2. The van der Waals surface area contributed by atoms with Gasteiger partial charge in [0.05, 0.1) is 37.7 Å². The van der Waals surface area contributed by atoms with Crippen LogP contribution in [0.4, 0.5) is 28.4 Å². The zero-order valence-electron chi connectivity index (χ0n) is 27.2. The van der Waals surface area contributed by atoms with E-state index in [9.17, 15) is 13.5 Å². The van der Waals surface area contributed by atoms with Crippen LogP contribution in [0.15, 0.2) is 147 Å². The van der Waals surface area contributed by atoms with Crippen LogP contribution in [-0.4, -0.2) is 23.3 Å². The summed E-state index contributed by atoms with van der Waals surface area (Å²) in [4.78, 5) is 0.0546. The first-order chi connectivity index (χ1) is 23.9. The number of anilines is 1. The molecule has 0 aliphatic heterocycles. The summed E-state index contributed by atoms with van der Waals surface area (Å²) < 4.78 is 30.7. The second-order valence-corrected chi connectivity index (χ2v) is 14.7. The summed E-state index contributed by atoms with van der Waals surface area (Å²) in [7, 11) is -4.03. The average molecular weight is 725 g/mol. The van der Waals surface area contributed by atoms with Gasteiger partial charge in [0.1, 0.15) is 11.4 Å². The molecule has 252 valence electrons. The third-order valence-corrected chi connectivity index (χ3v) is 9.48. The van der Waals surface area contributed by atoms with Crippen LogP contribution >= 0.6 is 23.2 Å². The Morgan fingerprint density at radius 2 is 1.28 bits per heavy atom. The maximum absolute atomic E-state index is 13.4. The Balaban J connectivity index is 1.38. The minimum atomic E-state index is -4.03. The number of hydrogen-bond acceptors (Lipinski definition) is 8. The minimum absolute atomic E-state index is 0.0546. The van der Waals surface area contributed by atoms with Crippen molar-refractivity contribution in [3.05, 3.63) is 137 Å². The van der Waals surface area contributed by atoms with Gasteiger partial charge < -0.3 is 5.11 Å². The molecule has 2 N–H and O–H groups in total. The van der Waals surface area contributed by atoms with Gasteiger partial charge in [-0.05, 0) is 65.7 Å². The van der Waals surface area contributed by atoms with E-state index in [1.807, 2.05) is 75.4 Å². The standard InChI is InChI=1S/C37H31Cl2N7O3S/c1-37(2,3)35-33(36(47)46(44-35)34-29(38)15-10-16-30(34)39)43-42-31-22-21-27(23-32(31)45-50(48,49)28-13-8-5-9-14-28)41-40-26-19-17-25(18-20-26)24-11-6-4-7-12-24/h4-23,45,47H,1-3H3/b41-40-,43-42+. The van der Waals surface area contributed by atoms with E-state index in [1.54, 1.807) is 48.5 Å². The lowest BCUT2D eigenvalue weighted by Crippen LogP contribution is -2.13. The molecule has 0 radical (unpaired) electrons. The van der Waals surface area contributed by atoms with E-state index in [0.717, 1.165) is 11.1 Å². The van der Waals surface area contributed by atoms with Gasteiger partial charge in [-0.25, -0.2) is 8.42 Å². The van der Waals surface area contributed by atoms with Crippen molar-refractivity contribution in [3.63, 3.8) is 0 Å². The molecule has 50 heavy (non-hydrogen) atoms. The van der Waals surface area contributed by atoms with E-state index in [4.69, 9.17) is 23.2 Å². The van der Waals surface area contributed by atoms with Gasteiger partial charge in [-0.15, -0.1) is 10.2 Å². The molecule has 0 bridgehead atoms. The Kier molecular flexibility index (Phi) is 9.83. The molecule has 1 aromatic heterocycles. The summed E-state index contributed by atoms with van der Waals surface area (Å²) in [6.45, 7) is 5.71. The highest BCUT2D eigenvalue weighted by atomic mass is 35.5. The van der Waals surface area contributed by atoms with Gasteiger partial charge in [-0.1, -0.05) is 111 Å². The van der Waals surface area contributed by atoms with E-state index < -0.39 is 15.4 Å². The molecule has 1 heterocycles. The van der Waals surface area contributed by atoms with E-state index in [1.165, 1.54) is 22.9 Å². The number of nitrogens with zero attached hydrogens (tertiary/aromatic N) is 6. The van der Waals surface area contributed by atoms with Crippen LogP contribution in [0.2, 0.25) is 10.0 Å². The van der Waals surface area contributed by atoms with Crippen LogP contribution in [0.5, 0.6) is 5.88 Å². The quantitative estimate of drug-likeness (QED) is 0.144. The Morgan fingerprint density at radius 1 is 0.700 bits per heavy atom. The van der Waals surface area contributed by atoms with Crippen molar-refractivity contribution in [2.24, 2.45) is 20.5 Å². The van der Waals surface area contributed by atoms with Crippen LogP contribution in [-0.2, 0) is 15.4 Å². The smallest absolute Gasteiger partial charge is 0.261 e. The molecule has 0 atom stereocenters. The summed E-state index contributed by atoms with van der Waals surface area (Å²) in [6, 6.07) is 35.2. The predicted octanol–water partition coefficient (Wildman–Crippen LogP) is 11.5. The predicted molar refractivity (Wildman–Crippen MR) is 198 cm³/mol. The summed E-state index contributed by atoms with van der Waals surface area (Å²) in [5.74, 6) is -0.344. The van der Waals surface area contributed by atoms with Gasteiger partial charge in [-0.2, -0.15) is 20.0 Å². The van der Waals surface area contributed by atoms with E-state index in [0.29, 0.717) is 17.1 Å². The highest BCUT2D eigenvalue weighted by molar-refractivity contribution is 7.92. The van der Waals surface area contributed by atoms with Gasteiger partial charge in [0.25, 0.3) is 10.0 Å². The molecule has 0 aliphatic carbocycles. The summed E-state index contributed by atoms with van der Waals surface area (Å²) in [5.41, 5.74) is 3.50.